The summed E-state index contributed by atoms with van der Waals surface area (Å²) in [4.78, 5) is 14.4. The molecule has 0 saturated carbocycles. The van der Waals surface area contributed by atoms with Gasteiger partial charge in [0.2, 0.25) is 5.91 Å². The topological polar surface area (TPSA) is 50.2 Å². The lowest BCUT2D eigenvalue weighted by atomic mass is 9.98. The van der Waals surface area contributed by atoms with Crippen LogP contribution < -0.4 is 5.32 Å². The van der Waals surface area contributed by atoms with Gasteiger partial charge in [0.25, 0.3) is 0 Å². The van der Waals surface area contributed by atoms with Gasteiger partial charge >= 0.3 is 0 Å². The molecule has 0 bridgehead atoms. The van der Waals surface area contributed by atoms with Crippen LogP contribution in [0.4, 0.5) is 4.39 Å². The molecule has 1 aliphatic rings. The summed E-state index contributed by atoms with van der Waals surface area (Å²) in [6.45, 7) is 1.57. The van der Waals surface area contributed by atoms with E-state index in [0.717, 1.165) is 18.5 Å². The minimum Gasteiger partial charge on any atom is -0.352 e. The zero-order valence-electron chi connectivity index (χ0n) is 14.6. The lowest BCUT2D eigenvalue weighted by molar-refractivity contribution is -0.121. The highest BCUT2D eigenvalue weighted by atomic mass is 19.1. The second-order valence-corrected chi connectivity index (χ2v) is 6.72. The van der Waals surface area contributed by atoms with Crippen LogP contribution in [0.2, 0.25) is 0 Å². The Hall–Kier alpha value is -2.21. The number of benzene rings is 1. The van der Waals surface area contributed by atoms with E-state index >= 15 is 0 Å². The van der Waals surface area contributed by atoms with Gasteiger partial charge in [-0.3, -0.25) is 4.79 Å². The molecule has 1 fully saturated rings. The molecule has 0 unspecified atom stereocenters. The number of rotatable bonds is 6. The van der Waals surface area contributed by atoms with Crippen LogP contribution in [0.25, 0.3) is 5.69 Å². The summed E-state index contributed by atoms with van der Waals surface area (Å²) >= 11 is 0. The lowest BCUT2D eigenvalue weighted by Crippen LogP contribution is -2.37. The molecule has 5 nitrogen and oxygen atoms in total. The Morgan fingerprint density at radius 2 is 2.28 bits per heavy atom. The predicted octanol–water partition coefficient (Wildman–Crippen LogP) is 2.89. The van der Waals surface area contributed by atoms with Crippen molar-refractivity contribution in [3.05, 3.63) is 48.0 Å². The number of likely N-dealkylation sites (tertiary alicyclic amines) is 1. The van der Waals surface area contributed by atoms with Crippen LogP contribution in [0.3, 0.4) is 0 Å². The number of amides is 1. The van der Waals surface area contributed by atoms with Crippen molar-refractivity contribution in [2.75, 3.05) is 13.6 Å². The molecule has 25 heavy (non-hydrogen) atoms. The van der Waals surface area contributed by atoms with Crippen molar-refractivity contribution in [1.82, 2.24) is 20.0 Å². The van der Waals surface area contributed by atoms with Crippen LogP contribution in [0, 0.1) is 5.82 Å². The number of piperidine rings is 1. The fourth-order valence-corrected chi connectivity index (χ4v) is 3.31. The minimum absolute atomic E-state index is 0.0671. The summed E-state index contributed by atoms with van der Waals surface area (Å²) in [6.07, 6.45) is 8.66. The van der Waals surface area contributed by atoms with E-state index in [9.17, 15) is 9.18 Å². The number of hydrogen-bond acceptors (Lipinski definition) is 3. The van der Waals surface area contributed by atoms with E-state index in [1.165, 1.54) is 31.4 Å². The molecule has 2 aromatic rings. The van der Waals surface area contributed by atoms with E-state index in [2.05, 4.69) is 22.4 Å². The SMILES string of the molecule is CN1CCCC[C@@H]1CCC(=O)NCc1cnn(-c2cccc(F)c2)c1. The van der Waals surface area contributed by atoms with Gasteiger partial charge in [0.1, 0.15) is 5.82 Å². The number of carbonyl (C=O) groups is 1. The summed E-state index contributed by atoms with van der Waals surface area (Å²) in [5.41, 5.74) is 1.56. The van der Waals surface area contributed by atoms with E-state index in [0.29, 0.717) is 24.7 Å². The Kier molecular flexibility index (Phi) is 5.81. The Labute approximate surface area is 147 Å². The molecule has 1 aromatic heterocycles. The molecular weight excluding hydrogens is 319 g/mol. The number of hydrogen-bond donors (Lipinski definition) is 1. The molecule has 1 atom stereocenters. The zero-order valence-corrected chi connectivity index (χ0v) is 14.6. The van der Waals surface area contributed by atoms with E-state index < -0.39 is 0 Å². The molecule has 1 amide bonds. The highest BCUT2D eigenvalue weighted by molar-refractivity contribution is 5.75. The van der Waals surface area contributed by atoms with Crippen LogP contribution in [0.1, 0.15) is 37.7 Å². The number of halogens is 1. The van der Waals surface area contributed by atoms with Crippen molar-refractivity contribution >= 4 is 5.91 Å². The maximum Gasteiger partial charge on any atom is 0.220 e. The van der Waals surface area contributed by atoms with E-state index in [1.807, 2.05) is 6.20 Å². The van der Waals surface area contributed by atoms with Crippen LogP contribution in [0.15, 0.2) is 36.7 Å². The van der Waals surface area contributed by atoms with E-state index in [1.54, 1.807) is 23.0 Å². The highest BCUT2D eigenvalue weighted by Crippen LogP contribution is 2.19. The first-order chi connectivity index (χ1) is 12.1. The van der Waals surface area contributed by atoms with Crippen LogP contribution >= 0.6 is 0 Å². The van der Waals surface area contributed by atoms with Crippen molar-refractivity contribution in [2.45, 2.75) is 44.7 Å². The van der Waals surface area contributed by atoms with Gasteiger partial charge < -0.3 is 10.2 Å². The Morgan fingerprint density at radius 3 is 3.08 bits per heavy atom. The number of carbonyl (C=O) groups excluding carboxylic acids is 1. The average Bonchev–Trinajstić information content (AvgIpc) is 3.08. The minimum atomic E-state index is -0.296. The third-order valence-corrected chi connectivity index (χ3v) is 4.82. The highest BCUT2D eigenvalue weighted by Gasteiger charge is 2.19. The van der Waals surface area contributed by atoms with Crippen molar-refractivity contribution < 1.29 is 9.18 Å². The quantitative estimate of drug-likeness (QED) is 0.877. The first kappa shape index (κ1) is 17.6. The van der Waals surface area contributed by atoms with Crippen LogP contribution in [0.5, 0.6) is 0 Å². The molecular formula is C19H25FN4O. The van der Waals surface area contributed by atoms with Gasteiger partial charge in [-0.2, -0.15) is 5.10 Å². The standard InChI is InChI=1S/C19H25FN4O/c1-23-10-3-2-6-17(23)8-9-19(25)21-12-15-13-22-24(14-15)18-7-4-5-16(20)11-18/h4-5,7,11,13-14,17H,2-3,6,8-10,12H2,1H3,(H,21,25)/t17-/m1/s1. The Bertz CT molecular complexity index is 715. The molecule has 1 aromatic carbocycles. The normalized spacial score (nSPS) is 18.2. The second kappa shape index (κ2) is 8.25. The van der Waals surface area contributed by atoms with E-state index in [4.69, 9.17) is 0 Å². The zero-order chi connectivity index (χ0) is 17.6. The number of nitrogens with one attached hydrogen (secondary N) is 1. The maximum absolute atomic E-state index is 13.3. The second-order valence-electron chi connectivity index (χ2n) is 6.72. The van der Waals surface area contributed by atoms with Crippen molar-refractivity contribution in [3.8, 4) is 5.69 Å². The fourth-order valence-electron chi connectivity index (χ4n) is 3.31. The van der Waals surface area contributed by atoms with E-state index in [-0.39, 0.29) is 11.7 Å². The average molecular weight is 344 g/mol. The van der Waals surface area contributed by atoms with Gasteiger partial charge in [0.05, 0.1) is 11.9 Å². The smallest absolute Gasteiger partial charge is 0.220 e. The molecule has 134 valence electrons. The van der Waals surface area contributed by atoms with Gasteiger partial charge in [0, 0.05) is 30.8 Å². The summed E-state index contributed by atoms with van der Waals surface area (Å²) < 4.78 is 14.9. The fraction of sp³-hybridized carbons (Fsp3) is 0.474. The first-order valence-corrected chi connectivity index (χ1v) is 8.88. The molecule has 1 aliphatic heterocycles. The van der Waals surface area contributed by atoms with Gasteiger partial charge in [0.15, 0.2) is 0 Å². The van der Waals surface area contributed by atoms with Crippen LogP contribution in [-0.4, -0.2) is 40.2 Å². The molecule has 6 heteroatoms. The third-order valence-electron chi connectivity index (χ3n) is 4.82. The Morgan fingerprint density at radius 1 is 1.40 bits per heavy atom. The van der Waals surface area contributed by atoms with Gasteiger partial charge in [-0.1, -0.05) is 12.5 Å². The van der Waals surface area contributed by atoms with Gasteiger partial charge in [-0.05, 0) is 51.1 Å². The van der Waals surface area contributed by atoms with Crippen molar-refractivity contribution in [3.63, 3.8) is 0 Å². The summed E-state index contributed by atoms with van der Waals surface area (Å²) in [6, 6.07) is 6.79. The third kappa shape index (κ3) is 4.89. The van der Waals surface area contributed by atoms with Crippen LogP contribution in [-0.2, 0) is 11.3 Å². The molecule has 0 radical (unpaired) electrons. The molecule has 1 saturated heterocycles. The molecule has 0 spiro atoms. The molecule has 2 heterocycles. The number of nitrogens with zero attached hydrogens (tertiary/aromatic N) is 3. The largest absolute Gasteiger partial charge is 0.352 e. The predicted molar refractivity (Wildman–Crippen MR) is 94.9 cm³/mol. The summed E-state index contributed by atoms with van der Waals surface area (Å²) in [7, 11) is 2.14. The monoisotopic (exact) mass is 344 g/mol. The summed E-state index contributed by atoms with van der Waals surface area (Å²) in [5, 5.41) is 7.17. The molecule has 0 aliphatic carbocycles. The maximum atomic E-state index is 13.3. The summed E-state index contributed by atoms with van der Waals surface area (Å²) in [5.74, 6) is -0.229. The first-order valence-electron chi connectivity index (χ1n) is 8.88. The molecule has 1 N–H and O–H groups in total. The Balaban J connectivity index is 1.46. The lowest BCUT2D eigenvalue weighted by Gasteiger charge is -2.32. The van der Waals surface area contributed by atoms with Gasteiger partial charge in [-0.25, -0.2) is 9.07 Å². The van der Waals surface area contributed by atoms with Gasteiger partial charge in [-0.15, -0.1) is 0 Å². The number of aromatic nitrogens is 2. The molecule has 3 rings (SSSR count). The van der Waals surface area contributed by atoms with Crippen molar-refractivity contribution in [1.29, 1.82) is 0 Å². The van der Waals surface area contributed by atoms with Crippen molar-refractivity contribution in [2.24, 2.45) is 0 Å².